The standard InChI is InChI=1S/C12H13F3N4/c1-19-7-6-10(18-19)11(17-16)8-2-4-9(5-3-8)12(13,14)15/h2-7,11,17H,16H2,1H3. The number of hydrogen-bond acceptors (Lipinski definition) is 3. The Balaban J connectivity index is 2.30. The monoisotopic (exact) mass is 270 g/mol. The van der Waals surface area contributed by atoms with Crippen molar-refractivity contribution in [3.8, 4) is 0 Å². The molecule has 0 aliphatic heterocycles. The SMILES string of the molecule is Cn1ccc(C(NN)c2ccc(C(F)(F)F)cc2)n1. The van der Waals surface area contributed by atoms with Crippen LogP contribution < -0.4 is 11.3 Å². The molecule has 0 saturated carbocycles. The predicted octanol–water partition coefficient (Wildman–Crippen LogP) is 1.99. The number of hydrazine groups is 1. The number of aryl methyl sites for hydroxylation is 1. The second-order valence-electron chi connectivity index (χ2n) is 4.13. The van der Waals surface area contributed by atoms with Crippen LogP contribution in [0.4, 0.5) is 13.2 Å². The maximum Gasteiger partial charge on any atom is 0.416 e. The minimum Gasteiger partial charge on any atom is -0.275 e. The largest absolute Gasteiger partial charge is 0.416 e. The Hall–Kier alpha value is -1.86. The number of aromatic nitrogens is 2. The van der Waals surface area contributed by atoms with Gasteiger partial charge in [0.15, 0.2) is 0 Å². The van der Waals surface area contributed by atoms with Crippen LogP contribution in [0.3, 0.4) is 0 Å². The van der Waals surface area contributed by atoms with Gasteiger partial charge in [0.25, 0.3) is 0 Å². The summed E-state index contributed by atoms with van der Waals surface area (Å²) < 4.78 is 39.0. The summed E-state index contributed by atoms with van der Waals surface area (Å²) in [6.07, 6.45) is -2.60. The summed E-state index contributed by atoms with van der Waals surface area (Å²) in [5.74, 6) is 5.45. The van der Waals surface area contributed by atoms with Crippen LogP contribution in [0.15, 0.2) is 36.5 Å². The van der Waals surface area contributed by atoms with Crippen LogP contribution in [0.25, 0.3) is 0 Å². The van der Waals surface area contributed by atoms with Crippen LogP contribution in [-0.4, -0.2) is 9.78 Å². The third-order valence-corrected chi connectivity index (χ3v) is 2.77. The molecule has 0 radical (unpaired) electrons. The normalized spacial score (nSPS) is 13.5. The number of nitrogens with two attached hydrogens (primary N) is 1. The van der Waals surface area contributed by atoms with E-state index in [-0.39, 0.29) is 0 Å². The molecule has 7 heteroatoms. The average Bonchev–Trinajstić information content (AvgIpc) is 2.76. The molecule has 0 spiro atoms. The highest BCUT2D eigenvalue weighted by atomic mass is 19.4. The van der Waals surface area contributed by atoms with E-state index in [1.54, 1.807) is 24.0 Å². The topological polar surface area (TPSA) is 55.9 Å². The molecule has 2 aromatic rings. The van der Waals surface area contributed by atoms with Crippen LogP contribution in [0, 0.1) is 0 Å². The first-order chi connectivity index (χ1) is 8.91. The van der Waals surface area contributed by atoms with E-state index in [1.165, 1.54) is 12.1 Å². The lowest BCUT2D eigenvalue weighted by Gasteiger charge is -2.15. The lowest BCUT2D eigenvalue weighted by atomic mass is 10.0. The van der Waals surface area contributed by atoms with Crippen molar-refractivity contribution in [3.05, 3.63) is 53.3 Å². The molecular weight excluding hydrogens is 257 g/mol. The maximum absolute atomic E-state index is 12.5. The second-order valence-corrected chi connectivity index (χ2v) is 4.13. The van der Waals surface area contributed by atoms with Gasteiger partial charge < -0.3 is 0 Å². The molecule has 1 heterocycles. The highest BCUT2D eigenvalue weighted by Gasteiger charge is 2.30. The molecule has 0 aliphatic rings. The van der Waals surface area contributed by atoms with Crippen molar-refractivity contribution in [2.45, 2.75) is 12.2 Å². The number of alkyl halides is 3. The van der Waals surface area contributed by atoms with E-state index in [9.17, 15) is 13.2 Å². The van der Waals surface area contributed by atoms with Crippen LogP contribution >= 0.6 is 0 Å². The Kier molecular flexibility index (Phi) is 3.59. The van der Waals surface area contributed by atoms with Crippen molar-refractivity contribution in [1.82, 2.24) is 15.2 Å². The van der Waals surface area contributed by atoms with Gasteiger partial charge in [0.1, 0.15) is 0 Å². The van der Waals surface area contributed by atoms with E-state index in [4.69, 9.17) is 5.84 Å². The van der Waals surface area contributed by atoms with Gasteiger partial charge in [-0.3, -0.25) is 10.5 Å². The molecule has 0 fully saturated rings. The molecule has 0 amide bonds. The van der Waals surface area contributed by atoms with Crippen molar-refractivity contribution in [3.63, 3.8) is 0 Å². The van der Waals surface area contributed by atoms with Crippen LogP contribution in [0.2, 0.25) is 0 Å². The fourth-order valence-electron chi connectivity index (χ4n) is 1.80. The Morgan fingerprint density at radius 1 is 1.21 bits per heavy atom. The minimum absolute atomic E-state index is 0.441. The number of halogens is 3. The quantitative estimate of drug-likeness (QED) is 0.662. The third kappa shape index (κ3) is 2.94. The highest BCUT2D eigenvalue weighted by molar-refractivity contribution is 5.31. The molecule has 1 aromatic carbocycles. The van der Waals surface area contributed by atoms with Gasteiger partial charge in [-0.2, -0.15) is 18.3 Å². The Morgan fingerprint density at radius 3 is 2.26 bits per heavy atom. The van der Waals surface area contributed by atoms with Gasteiger partial charge in [-0.05, 0) is 23.8 Å². The predicted molar refractivity (Wildman–Crippen MR) is 63.8 cm³/mol. The maximum atomic E-state index is 12.5. The van der Waals surface area contributed by atoms with Gasteiger partial charge in [0.2, 0.25) is 0 Å². The number of benzene rings is 1. The van der Waals surface area contributed by atoms with Crippen LogP contribution in [-0.2, 0) is 13.2 Å². The molecule has 102 valence electrons. The molecule has 1 unspecified atom stereocenters. The Morgan fingerprint density at radius 2 is 1.84 bits per heavy atom. The van der Waals surface area contributed by atoms with E-state index in [2.05, 4.69) is 10.5 Å². The van der Waals surface area contributed by atoms with E-state index in [0.717, 1.165) is 12.1 Å². The molecule has 0 aliphatic carbocycles. The third-order valence-electron chi connectivity index (χ3n) is 2.77. The lowest BCUT2D eigenvalue weighted by molar-refractivity contribution is -0.137. The minimum atomic E-state index is -4.34. The summed E-state index contributed by atoms with van der Waals surface area (Å²) >= 11 is 0. The van der Waals surface area contributed by atoms with Crippen molar-refractivity contribution in [1.29, 1.82) is 0 Å². The van der Waals surface area contributed by atoms with Gasteiger partial charge in [0, 0.05) is 13.2 Å². The molecule has 4 nitrogen and oxygen atoms in total. The average molecular weight is 270 g/mol. The molecule has 1 aromatic heterocycles. The molecule has 3 N–H and O–H groups in total. The molecule has 19 heavy (non-hydrogen) atoms. The fraction of sp³-hybridized carbons (Fsp3) is 0.250. The highest BCUT2D eigenvalue weighted by Crippen LogP contribution is 2.30. The summed E-state index contributed by atoms with van der Waals surface area (Å²) in [7, 11) is 1.75. The van der Waals surface area contributed by atoms with Crippen molar-refractivity contribution >= 4 is 0 Å². The van der Waals surface area contributed by atoms with E-state index >= 15 is 0 Å². The second kappa shape index (κ2) is 5.02. The summed E-state index contributed by atoms with van der Waals surface area (Å²) in [5, 5.41) is 4.18. The molecule has 1 atom stereocenters. The van der Waals surface area contributed by atoms with E-state index in [0.29, 0.717) is 11.3 Å². The smallest absolute Gasteiger partial charge is 0.275 e. The van der Waals surface area contributed by atoms with Crippen molar-refractivity contribution < 1.29 is 13.2 Å². The zero-order chi connectivity index (χ0) is 14.0. The molecule has 0 saturated heterocycles. The Bertz CT molecular complexity index is 545. The summed E-state index contributed by atoms with van der Waals surface area (Å²) in [6, 6.07) is 6.15. The van der Waals surface area contributed by atoms with E-state index < -0.39 is 17.8 Å². The Labute approximate surface area is 108 Å². The summed E-state index contributed by atoms with van der Waals surface area (Å²) in [6.45, 7) is 0. The number of nitrogens with zero attached hydrogens (tertiary/aromatic N) is 2. The fourth-order valence-corrected chi connectivity index (χ4v) is 1.80. The van der Waals surface area contributed by atoms with Crippen LogP contribution in [0.5, 0.6) is 0 Å². The van der Waals surface area contributed by atoms with E-state index in [1.807, 2.05) is 0 Å². The van der Waals surface area contributed by atoms with Crippen LogP contribution in [0.1, 0.15) is 22.9 Å². The molecular formula is C12H13F3N4. The van der Waals surface area contributed by atoms with Crippen molar-refractivity contribution in [2.75, 3.05) is 0 Å². The number of rotatable bonds is 3. The molecule has 0 bridgehead atoms. The lowest BCUT2D eigenvalue weighted by Crippen LogP contribution is -2.29. The number of nitrogens with one attached hydrogen (secondary N) is 1. The first-order valence-corrected chi connectivity index (χ1v) is 5.54. The summed E-state index contributed by atoms with van der Waals surface area (Å²) in [4.78, 5) is 0. The van der Waals surface area contributed by atoms with Gasteiger partial charge >= 0.3 is 6.18 Å². The first kappa shape index (κ1) is 13.6. The van der Waals surface area contributed by atoms with Gasteiger partial charge in [0.05, 0.1) is 17.3 Å². The first-order valence-electron chi connectivity index (χ1n) is 5.54. The van der Waals surface area contributed by atoms with Crippen molar-refractivity contribution in [2.24, 2.45) is 12.9 Å². The summed E-state index contributed by atoms with van der Waals surface area (Å²) in [5.41, 5.74) is 3.13. The zero-order valence-electron chi connectivity index (χ0n) is 10.1. The zero-order valence-corrected chi connectivity index (χ0v) is 10.1. The van der Waals surface area contributed by atoms with Gasteiger partial charge in [-0.25, -0.2) is 5.43 Å². The molecule has 2 rings (SSSR count). The number of hydrogen-bond donors (Lipinski definition) is 2. The van der Waals surface area contributed by atoms with Gasteiger partial charge in [-0.1, -0.05) is 12.1 Å². The van der Waals surface area contributed by atoms with Gasteiger partial charge in [-0.15, -0.1) is 0 Å².